The number of fused-ring (bicyclic) bond motifs is 8. The van der Waals surface area contributed by atoms with Crippen molar-refractivity contribution in [2.75, 3.05) is 4.90 Å². The van der Waals surface area contributed by atoms with Gasteiger partial charge in [0.15, 0.2) is 0 Å². The molecular weight excluding hydrogens is 580 g/mol. The molecule has 0 aliphatic rings. The predicted octanol–water partition coefficient (Wildman–Crippen LogP) is 9.04. The fourth-order valence-electron chi connectivity index (χ4n) is 5.54. The second-order valence-electron chi connectivity index (χ2n) is 9.37. The molecule has 8 rings (SSSR count). The van der Waals surface area contributed by atoms with Gasteiger partial charge in [0.25, 0.3) is 0 Å². The topological polar surface area (TPSA) is 3.24 Å². The molecule has 2 heterocycles. The van der Waals surface area contributed by atoms with E-state index in [1.807, 2.05) is 0 Å². The van der Waals surface area contributed by atoms with Crippen LogP contribution in [-0.4, -0.2) is 29.0 Å². The van der Waals surface area contributed by atoms with Gasteiger partial charge in [-0.2, -0.15) is 0 Å². The molecule has 2 aromatic heterocycles. The maximum absolute atomic E-state index is 2.47. The Morgan fingerprint density at radius 1 is 0.405 bits per heavy atom. The molecule has 0 radical (unpaired) electrons. The summed E-state index contributed by atoms with van der Waals surface area (Å²) in [6.07, 6.45) is 0. The van der Waals surface area contributed by atoms with Gasteiger partial charge in [0.1, 0.15) is 0 Å². The van der Waals surface area contributed by atoms with Gasteiger partial charge in [-0.05, 0) is 0 Å². The van der Waals surface area contributed by atoms with Crippen LogP contribution >= 0.6 is 0 Å². The third kappa shape index (κ3) is 3.36. The van der Waals surface area contributed by atoms with Gasteiger partial charge in [-0.1, -0.05) is 0 Å². The van der Waals surface area contributed by atoms with Crippen LogP contribution in [0.15, 0.2) is 127 Å². The van der Waals surface area contributed by atoms with E-state index in [-0.39, 0.29) is 14.5 Å². The van der Waals surface area contributed by atoms with Gasteiger partial charge in [-0.15, -0.1) is 0 Å². The average molecular weight is 601 g/mol. The van der Waals surface area contributed by atoms with Gasteiger partial charge >= 0.3 is 228 Å². The molecule has 0 aliphatic carbocycles. The molecule has 1 nitrogen and oxygen atoms in total. The molecule has 0 atom stereocenters. The number of nitrogens with zero attached hydrogens (tertiary/aromatic N) is 1. The van der Waals surface area contributed by atoms with Crippen LogP contribution in [-0.2, 0) is 0 Å². The number of rotatable bonds is 3. The summed E-state index contributed by atoms with van der Waals surface area (Å²) in [6.45, 7) is 0. The summed E-state index contributed by atoms with van der Waals surface area (Å²) in [6, 6.07) is 47.1. The van der Waals surface area contributed by atoms with E-state index in [2.05, 4.69) is 132 Å². The fourth-order valence-corrected chi connectivity index (χ4v) is 10.7. The van der Waals surface area contributed by atoms with Crippen molar-refractivity contribution in [3.63, 3.8) is 0 Å². The van der Waals surface area contributed by atoms with Crippen LogP contribution in [0.4, 0.5) is 17.1 Å². The minimum absolute atomic E-state index is 0.276. The summed E-state index contributed by atoms with van der Waals surface area (Å²) >= 11 is 0.596. The molecule has 0 spiro atoms. The van der Waals surface area contributed by atoms with E-state index < -0.39 is 0 Å². The number of para-hydroxylation sites is 1. The first-order valence-corrected chi connectivity index (χ1v) is 15.9. The van der Waals surface area contributed by atoms with Crippen molar-refractivity contribution < 1.29 is 0 Å². The third-order valence-corrected chi connectivity index (χ3v) is 12.3. The minimum atomic E-state index is 0.276. The monoisotopic (exact) mass is 603 g/mol. The second kappa shape index (κ2) is 8.48. The van der Waals surface area contributed by atoms with E-state index in [4.69, 9.17) is 0 Å². The molecular formula is C34H21NSe2. The predicted molar refractivity (Wildman–Crippen MR) is 163 cm³/mol. The molecule has 0 amide bonds. The molecule has 0 unspecified atom stereocenters. The summed E-state index contributed by atoms with van der Waals surface area (Å²) in [5.41, 5.74) is 3.71. The Kier molecular flexibility index (Phi) is 4.93. The third-order valence-electron chi connectivity index (χ3n) is 7.24. The van der Waals surface area contributed by atoms with Crippen molar-refractivity contribution in [1.29, 1.82) is 0 Å². The van der Waals surface area contributed by atoms with Crippen LogP contribution in [0.25, 0.3) is 49.4 Å². The first-order chi connectivity index (χ1) is 18.3. The second-order valence-corrected chi connectivity index (χ2v) is 13.8. The van der Waals surface area contributed by atoms with Crippen molar-refractivity contribution in [1.82, 2.24) is 0 Å². The summed E-state index contributed by atoms with van der Waals surface area (Å²) in [5, 5.41) is 8.30. The molecule has 0 saturated heterocycles. The Morgan fingerprint density at radius 3 is 1.81 bits per heavy atom. The molecule has 0 saturated carbocycles. The van der Waals surface area contributed by atoms with Crippen molar-refractivity contribution in [3.05, 3.63) is 127 Å². The van der Waals surface area contributed by atoms with Crippen LogP contribution in [0, 0.1) is 0 Å². The van der Waals surface area contributed by atoms with Gasteiger partial charge < -0.3 is 0 Å². The molecule has 8 aromatic rings. The first kappa shape index (κ1) is 21.5. The molecule has 0 fully saturated rings. The van der Waals surface area contributed by atoms with E-state index in [1.54, 1.807) is 0 Å². The molecule has 0 N–H and O–H groups in total. The van der Waals surface area contributed by atoms with Crippen LogP contribution in [0.3, 0.4) is 0 Å². The summed E-state index contributed by atoms with van der Waals surface area (Å²) in [7, 11) is 0. The van der Waals surface area contributed by atoms with E-state index >= 15 is 0 Å². The van der Waals surface area contributed by atoms with Crippen molar-refractivity contribution in [3.8, 4) is 0 Å². The van der Waals surface area contributed by atoms with Gasteiger partial charge in [-0.25, -0.2) is 0 Å². The van der Waals surface area contributed by atoms with Gasteiger partial charge in [0, 0.05) is 0 Å². The van der Waals surface area contributed by atoms with Crippen molar-refractivity contribution >= 4 is 95.4 Å². The molecule has 0 aliphatic heterocycles. The van der Waals surface area contributed by atoms with Gasteiger partial charge in [-0.3, -0.25) is 0 Å². The SMILES string of the molecule is c1ccc(N(c2ccc3ccc4c5ccccc5[se]c4c3c2)c2cccc3c2[se]c2ccccc23)cc1. The van der Waals surface area contributed by atoms with E-state index in [9.17, 15) is 0 Å². The van der Waals surface area contributed by atoms with E-state index in [0.29, 0.717) is 14.5 Å². The Morgan fingerprint density at radius 2 is 1.03 bits per heavy atom. The zero-order valence-corrected chi connectivity index (χ0v) is 23.3. The standard InChI is InChI=1S/C34H21NSe2/c1-2-9-23(10-3-1)35(30-14-8-13-27-25-11-4-7-16-32(25)37-34(27)30)24-19-17-22-18-20-28-26-12-5-6-15-31(26)36-33(28)29(22)21-24/h1-21H. The molecule has 37 heavy (non-hydrogen) atoms. The van der Waals surface area contributed by atoms with Gasteiger partial charge in [0.2, 0.25) is 0 Å². The number of hydrogen-bond donors (Lipinski definition) is 0. The van der Waals surface area contributed by atoms with Crippen LogP contribution in [0.1, 0.15) is 0 Å². The maximum atomic E-state index is 2.47. The summed E-state index contributed by atoms with van der Waals surface area (Å²) in [5.74, 6) is 0. The average Bonchev–Trinajstić information content (AvgIpc) is 3.53. The van der Waals surface area contributed by atoms with Crippen LogP contribution in [0.5, 0.6) is 0 Å². The van der Waals surface area contributed by atoms with Crippen LogP contribution in [0.2, 0.25) is 0 Å². The molecule has 6 aromatic carbocycles. The van der Waals surface area contributed by atoms with E-state index in [0.717, 1.165) is 0 Å². The van der Waals surface area contributed by atoms with Crippen LogP contribution < -0.4 is 4.90 Å². The first-order valence-electron chi connectivity index (χ1n) is 12.4. The zero-order chi connectivity index (χ0) is 24.3. The fraction of sp³-hybridized carbons (Fsp3) is 0. The molecule has 0 bridgehead atoms. The number of hydrogen-bond acceptors (Lipinski definition) is 1. The molecule has 174 valence electrons. The normalized spacial score (nSPS) is 11.8. The van der Waals surface area contributed by atoms with Crippen molar-refractivity contribution in [2.24, 2.45) is 0 Å². The number of benzene rings is 6. The summed E-state index contributed by atoms with van der Waals surface area (Å²) < 4.78 is 5.94. The number of anilines is 3. The Bertz CT molecular complexity index is 2100. The Labute approximate surface area is 226 Å². The Balaban J connectivity index is 1.43. The Hall–Kier alpha value is -3.58. The zero-order valence-electron chi connectivity index (χ0n) is 19.9. The van der Waals surface area contributed by atoms with Gasteiger partial charge in [0.05, 0.1) is 0 Å². The summed E-state index contributed by atoms with van der Waals surface area (Å²) in [4.78, 5) is 2.47. The quantitative estimate of drug-likeness (QED) is 0.183. The van der Waals surface area contributed by atoms with E-state index in [1.165, 1.54) is 66.4 Å². The molecule has 3 heteroatoms. The van der Waals surface area contributed by atoms with Crippen molar-refractivity contribution in [2.45, 2.75) is 0 Å².